The zero-order valence-electron chi connectivity index (χ0n) is 9.82. The third-order valence-corrected chi connectivity index (χ3v) is 3.56. The van der Waals surface area contributed by atoms with Gasteiger partial charge in [-0.3, -0.25) is 0 Å². The quantitative estimate of drug-likeness (QED) is 0.763. The maximum Gasteiger partial charge on any atom is 0.0787 e. The number of alkyl halides is 1. The Kier molecular flexibility index (Phi) is 3.89. The smallest absolute Gasteiger partial charge is 0.0787 e. The molecule has 0 saturated heterocycles. The van der Waals surface area contributed by atoms with Crippen LogP contribution < -0.4 is 0 Å². The van der Waals surface area contributed by atoms with E-state index in [1.807, 2.05) is 35.1 Å². The van der Waals surface area contributed by atoms with Gasteiger partial charge in [0.25, 0.3) is 0 Å². The Morgan fingerprint density at radius 1 is 1.35 bits per heavy atom. The minimum Gasteiger partial charge on any atom is -0.240 e. The fourth-order valence-corrected chi connectivity index (χ4v) is 2.37. The molecule has 0 atom stereocenters. The van der Waals surface area contributed by atoms with E-state index >= 15 is 0 Å². The minimum absolute atomic E-state index is 0.442. The summed E-state index contributed by atoms with van der Waals surface area (Å²) in [6.45, 7) is 4.27. The first kappa shape index (κ1) is 12.7. The van der Waals surface area contributed by atoms with Crippen LogP contribution in [0.25, 0.3) is 5.69 Å². The molecule has 0 aliphatic rings. The molecule has 0 spiro atoms. The molecule has 0 amide bonds. The highest BCUT2D eigenvalue weighted by Crippen LogP contribution is 2.24. The third kappa shape index (κ3) is 2.72. The summed E-state index contributed by atoms with van der Waals surface area (Å²) in [5.41, 5.74) is 3.22. The average molecular weight is 314 g/mol. The van der Waals surface area contributed by atoms with Gasteiger partial charge in [-0.1, -0.05) is 19.9 Å². The summed E-state index contributed by atoms with van der Waals surface area (Å²) < 4.78 is 2.89. The van der Waals surface area contributed by atoms with Gasteiger partial charge in [-0.2, -0.15) is 5.10 Å². The Balaban J connectivity index is 2.38. The van der Waals surface area contributed by atoms with Gasteiger partial charge in [0.2, 0.25) is 0 Å². The molecule has 0 radical (unpaired) electrons. The van der Waals surface area contributed by atoms with Crippen LogP contribution in [0.15, 0.2) is 34.9 Å². The van der Waals surface area contributed by atoms with Gasteiger partial charge in [0.15, 0.2) is 0 Å². The van der Waals surface area contributed by atoms with Crippen molar-refractivity contribution in [1.82, 2.24) is 9.78 Å². The Morgan fingerprint density at radius 3 is 2.65 bits per heavy atom. The molecule has 0 unspecified atom stereocenters. The number of hydrogen-bond donors (Lipinski definition) is 0. The van der Waals surface area contributed by atoms with E-state index in [0.717, 1.165) is 21.4 Å². The van der Waals surface area contributed by atoms with Gasteiger partial charge >= 0.3 is 0 Å². The number of halogens is 2. The van der Waals surface area contributed by atoms with E-state index in [9.17, 15) is 0 Å². The van der Waals surface area contributed by atoms with Crippen molar-refractivity contribution in [1.29, 1.82) is 0 Å². The van der Waals surface area contributed by atoms with Crippen LogP contribution in [0.5, 0.6) is 0 Å². The monoisotopic (exact) mass is 312 g/mol. The van der Waals surface area contributed by atoms with Crippen LogP contribution in [-0.4, -0.2) is 9.78 Å². The van der Waals surface area contributed by atoms with Crippen molar-refractivity contribution in [2.75, 3.05) is 0 Å². The summed E-state index contributed by atoms with van der Waals surface area (Å²) in [7, 11) is 0. The van der Waals surface area contributed by atoms with Gasteiger partial charge in [0.05, 0.1) is 11.4 Å². The first-order valence-corrected chi connectivity index (χ1v) is 6.85. The predicted octanol–water partition coefficient (Wildman–Crippen LogP) is 4.50. The van der Waals surface area contributed by atoms with E-state index in [2.05, 4.69) is 34.9 Å². The van der Waals surface area contributed by atoms with Crippen LogP contribution in [0.2, 0.25) is 0 Å². The van der Waals surface area contributed by atoms with Crippen LogP contribution in [0.3, 0.4) is 0 Å². The van der Waals surface area contributed by atoms with Crippen molar-refractivity contribution in [3.05, 3.63) is 46.2 Å². The summed E-state index contributed by atoms with van der Waals surface area (Å²) in [6.07, 6.45) is 1.98. The Labute approximate surface area is 115 Å². The molecule has 4 heteroatoms. The molecule has 0 saturated carbocycles. The number of aromatic nitrogens is 2. The molecule has 1 heterocycles. The molecule has 0 aliphatic carbocycles. The Bertz CT molecular complexity index is 520. The van der Waals surface area contributed by atoms with Crippen LogP contribution in [0, 0.1) is 0 Å². The Morgan fingerprint density at radius 2 is 2.12 bits per heavy atom. The first-order chi connectivity index (χ1) is 8.11. The maximum absolute atomic E-state index is 5.80. The molecule has 1 aromatic heterocycles. The number of hydrogen-bond acceptors (Lipinski definition) is 1. The van der Waals surface area contributed by atoms with E-state index in [1.54, 1.807) is 0 Å². The SMILES string of the molecule is CC(C)c1ccn(-c2ccc(CCl)cc2Br)n1. The lowest BCUT2D eigenvalue weighted by Crippen LogP contribution is -1.98. The number of nitrogens with zero attached hydrogens (tertiary/aromatic N) is 2. The highest BCUT2D eigenvalue weighted by atomic mass is 79.9. The van der Waals surface area contributed by atoms with Gasteiger partial charge in [-0.15, -0.1) is 11.6 Å². The average Bonchev–Trinajstić information content (AvgIpc) is 2.78. The van der Waals surface area contributed by atoms with Gasteiger partial charge in [-0.05, 0) is 45.6 Å². The zero-order chi connectivity index (χ0) is 12.4. The predicted molar refractivity (Wildman–Crippen MR) is 74.9 cm³/mol. The first-order valence-electron chi connectivity index (χ1n) is 5.52. The van der Waals surface area contributed by atoms with E-state index in [1.165, 1.54) is 0 Å². The van der Waals surface area contributed by atoms with Crippen molar-refractivity contribution in [2.45, 2.75) is 25.6 Å². The van der Waals surface area contributed by atoms with Gasteiger partial charge in [0.1, 0.15) is 0 Å². The molecule has 0 N–H and O–H groups in total. The molecule has 1 aromatic carbocycles. The van der Waals surface area contributed by atoms with Gasteiger partial charge < -0.3 is 0 Å². The minimum atomic E-state index is 0.442. The molecule has 2 rings (SSSR count). The summed E-state index contributed by atoms with van der Waals surface area (Å²) in [6, 6.07) is 8.12. The van der Waals surface area contributed by atoms with Crippen molar-refractivity contribution in [2.24, 2.45) is 0 Å². The fraction of sp³-hybridized carbons (Fsp3) is 0.308. The topological polar surface area (TPSA) is 17.8 Å². The second-order valence-corrected chi connectivity index (χ2v) is 5.38. The summed E-state index contributed by atoms with van der Waals surface area (Å²) in [5.74, 6) is 0.965. The van der Waals surface area contributed by atoms with Gasteiger partial charge in [0, 0.05) is 16.5 Å². The van der Waals surface area contributed by atoms with E-state index in [4.69, 9.17) is 11.6 Å². The summed E-state index contributed by atoms with van der Waals surface area (Å²) in [4.78, 5) is 0. The lowest BCUT2D eigenvalue weighted by molar-refractivity contribution is 0.767. The molecular formula is C13H14BrClN2. The summed E-state index contributed by atoms with van der Waals surface area (Å²) in [5, 5.41) is 4.55. The Hall–Kier alpha value is -0.800. The fourth-order valence-electron chi connectivity index (χ4n) is 1.60. The standard InChI is InChI=1S/C13H14BrClN2/c1-9(2)12-5-6-17(16-12)13-4-3-10(8-15)7-11(13)14/h3-7,9H,8H2,1-2H3. The van der Waals surface area contributed by atoms with Crippen LogP contribution >= 0.6 is 27.5 Å². The molecule has 90 valence electrons. The molecule has 2 aromatic rings. The van der Waals surface area contributed by atoms with Crippen LogP contribution in [0.4, 0.5) is 0 Å². The van der Waals surface area contributed by atoms with Crippen LogP contribution in [-0.2, 0) is 5.88 Å². The van der Waals surface area contributed by atoms with E-state index in [-0.39, 0.29) is 0 Å². The number of rotatable bonds is 3. The van der Waals surface area contributed by atoms with E-state index in [0.29, 0.717) is 11.8 Å². The highest BCUT2D eigenvalue weighted by molar-refractivity contribution is 9.10. The maximum atomic E-state index is 5.80. The van der Waals surface area contributed by atoms with Crippen molar-refractivity contribution >= 4 is 27.5 Å². The molecule has 0 fully saturated rings. The zero-order valence-corrected chi connectivity index (χ0v) is 12.2. The molecule has 2 nitrogen and oxygen atoms in total. The van der Waals surface area contributed by atoms with Crippen molar-refractivity contribution in [3.8, 4) is 5.69 Å². The largest absolute Gasteiger partial charge is 0.240 e. The van der Waals surface area contributed by atoms with Crippen LogP contribution in [0.1, 0.15) is 31.0 Å². The third-order valence-electron chi connectivity index (χ3n) is 2.61. The normalized spacial score (nSPS) is 11.1. The van der Waals surface area contributed by atoms with E-state index < -0.39 is 0 Å². The second kappa shape index (κ2) is 5.23. The molecular weight excluding hydrogens is 300 g/mol. The lowest BCUT2D eigenvalue weighted by atomic mass is 10.1. The molecule has 0 bridgehead atoms. The molecule has 0 aliphatic heterocycles. The highest BCUT2D eigenvalue weighted by Gasteiger charge is 2.07. The lowest BCUT2D eigenvalue weighted by Gasteiger charge is -2.06. The molecule has 17 heavy (non-hydrogen) atoms. The summed E-state index contributed by atoms with van der Waals surface area (Å²) >= 11 is 9.35. The van der Waals surface area contributed by atoms with Gasteiger partial charge in [-0.25, -0.2) is 4.68 Å². The second-order valence-electron chi connectivity index (χ2n) is 4.26. The van der Waals surface area contributed by atoms with Crippen molar-refractivity contribution < 1.29 is 0 Å². The number of benzene rings is 1. The van der Waals surface area contributed by atoms with Crippen molar-refractivity contribution in [3.63, 3.8) is 0 Å².